The van der Waals surface area contributed by atoms with E-state index in [2.05, 4.69) is 32.6 Å². The summed E-state index contributed by atoms with van der Waals surface area (Å²) < 4.78 is 42.8. The number of aliphatic imine (C=N–C) groups is 1. The number of rotatable bonds is 4. The second kappa shape index (κ2) is 9.12. The van der Waals surface area contributed by atoms with Crippen LogP contribution in [0, 0.1) is 11.8 Å². The summed E-state index contributed by atoms with van der Waals surface area (Å²) in [5.41, 5.74) is 0.705. The second-order valence-corrected chi connectivity index (χ2v) is 6.03. The van der Waals surface area contributed by atoms with E-state index in [0.29, 0.717) is 29.7 Å². The third-order valence-corrected chi connectivity index (χ3v) is 3.61. The van der Waals surface area contributed by atoms with Gasteiger partial charge in [0.2, 0.25) is 0 Å². The highest BCUT2D eigenvalue weighted by atomic mass is 19.4. The zero-order valence-electron chi connectivity index (χ0n) is 15.3. The fraction of sp³-hybridized carbons (Fsp3) is 0.368. The first kappa shape index (κ1) is 20.4. The van der Waals surface area contributed by atoms with Gasteiger partial charge in [0.1, 0.15) is 0 Å². The van der Waals surface area contributed by atoms with Gasteiger partial charge >= 0.3 is 6.18 Å². The van der Waals surface area contributed by atoms with E-state index in [1.54, 1.807) is 7.05 Å². The Hall–Kier alpha value is -2.95. The van der Waals surface area contributed by atoms with E-state index < -0.39 is 11.7 Å². The molecule has 1 aromatic heterocycles. The average molecular weight is 378 g/mol. The van der Waals surface area contributed by atoms with E-state index in [0.717, 1.165) is 17.8 Å². The molecule has 0 aliphatic rings. The van der Waals surface area contributed by atoms with Gasteiger partial charge in [-0.3, -0.25) is 4.99 Å². The Labute approximate surface area is 156 Å². The predicted molar refractivity (Wildman–Crippen MR) is 97.1 cm³/mol. The highest BCUT2D eigenvalue weighted by Gasteiger charge is 2.29. The standard InChI is InChI=1S/C19H21F3N4O/c1-13(2)17-11-16(27-26-17)12-25-18(23-3)24-10-4-5-14-6-8-15(9-7-14)19(20,21)22/h6-9,11,13H,10,12H2,1-3H3,(H2,23,24,25). The molecule has 27 heavy (non-hydrogen) atoms. The molecule has 0 bridgehead atoms. The molecule has 2 aromatic rings. The third kappa shape index (κ3) is 6.37. The molecule has 0 spiro atoms. The molecule has 0 saturated heterocycles. The molecule has 0 fully saturated rings. The third-order valence-electron chi connectivity index (χ3n) is 3.61. The molecule has 1 aromatic carbocycles. The summed E-state index contributed by atoms with van der Waals surface area (Å²) in [6.07, 6.45) is -4.34. The van der Waals surface area contributed by atoms with Crippen LogP contribution in [0.3, 0.4) is 0 Å². The van der Waals surface area contributed by atoms with Crippen molar-refractivity contribution in [3.63, 3.8) is 0 Å². The molecule has 0 saturated carbocycles. The normalized spacial score (nSPS) is 11.9. The lowest BCUT2D eigenvalue weighted by Crippen LogP contribution is -2.36. The maximum atomic E-state index is 12.5. The lowest BCUT2D eigenvalue weighted by atomic mass is 10.1. The predicted octanol–water partition coefficient (Wildman–Crippen LogP) is 3.53. The van der Waals surface area contributed by atoms with Crippen molar-refractivity contribution in [2.45, 2.75) is 32.5 Å². The number of hydrogen-bond donors (Lipinski definition) is 2. The van der Waals surface area contributed by atoms with E-state index in [4.69, 9.17) is 4.52 Å². The molecular weight excluding hydrogens is 357 g/mol. The smallest absolute Gasteiger partial charge is 0.359 e. The van der Waals surface area contributed by atoms with Gasteiger partial charge in [-0.25, -0.2) is 0 Å². The van der Waals surface area contributed by atoms with Gasteiger partial charge in [0.15, 0.2) is 11.7 Å². The summed E-state index contributed by atoms with van der Waals surface area (Å²) in [7, 11) is 1.62. The second-order valence-electron chi connectivity index (χ2n) is 6.03. The van der Waals surface area contributed by atoms with Crippen LogP contribution in [0.25, 0.3) is 0 Å². The minimum Gasteiger partial charge on any atom is -0.359 e. The quantitative estimate of drug-likeness (QED) is 0.485. The Balaban J connectivity index is 1.82. The largest absolute Gasteiger partial charge is 0.416 e. The number of guanidine groups is 1. The average Bonchev–Trinajstić information content (AvgIpc) is 3.10. The fourth-order valence-electron chi connectivity index (χ4n) is 2.09. The molecule has 0 aliphatic heterocycles. The molecule has 0 amide bonds. The first-order valence-electron chi connectivity index (χ1n) is 8.35. The van der Waals surface area contributed by atoms with E-state index >= 15 is 0 Å². The van der Waals surface area contributed by atoms with Crippen LogP contribution in [0.2, 0.25) is 0 Å². The lowest BCUT2D eigenvalue weighted by molar-refractivity contribution is -0.137. The molecule has 0 radical (unpaired) electrons. The first-order valence-corrected chi connectivity index (χ1v) is 8.35. The Morgan fingerprint density at radius 1 is 1.22 bits per heavy atom. The summed E-state index contributed by atoms with van der Waals surface area (Å²) in [6, 6.07) is 6.61. The van der Waals surface area contributed by atoms with Crippen LogP contribution in [0.15, 0.2) is 39.8 Å². The molecular formula is C19H21F3N4O. The Morgan fingerprint density at radius 3 is 2.48 bits per heavy atom. The zero-order chi connectivity index (χ0) is 19.9. The van der Waals surface area contributed by atoms with Gasteiger partial charge in [0, 0.05) is 18.7 Å². The molecule has 5 nitrogen and oxygen atoms in total. The molecule has 2 N–H and O–H groups in total. The van der Waals surface area contributed by atoms with Gasteiger partial charge in [-0.15, -0.1) is 0 Å². The van der Waals surface area contributed by atoms with E-state index in [1.807, 2.05) is 19.9 Å². The zero-order valence-corrected chi connectivity index (χ0v) is 15.3. The van der Waals surface area contributed by atoms with Crippen LogP contribution in [0.1, 0.15) is 42.3 Å². The number of aromatic nitrogens is 1. The van der Waals surface area contributed by atoms with Crippen LogP contribution >= 0.6 is 0 Å². The van der Waals surface area contributed by atoms with Crippen molar-refractivity contribution in [1.82, 2.24) is 15.8 Å². The summed E-state index contributed by atoms with van der Waals surface area (Å²) in [5.74, 6) is 7.16. The fourth-order valence-corrected chi connectivity index (χ4v) is 2.09. The van der Waals surface area contributed by atoms with E-state index in [1.165, 1.54) is 12.1 Å². The van der Waals surface area contributed by atoms with Gasteiger partial charge in [-0.1, -0.05) is 30.8 Å². The number of hydrogen-bond acceptors (Lipinski definition) is 3. The molecule has 0 unspecified atom stereocenters. The minimum absolute atomic E-state index is 0.286. The van der Waals surface area contributed by atoms with Crippen molar-refractivity contribution in [2.75, 3.05) is 13.6 Å². The van der Waals surface area contributed by atoms with Crippen molar-refractivity contribution in [1.29, 1.82) is 0 Å². The summed E-state index contributed by atoms with van der Waals surface area (Å²) in [5, 5.41) is 10.1. The van der Waals surface area contributed by atoms with Crippen LogP contribution < -0.4 is 10.6 Å². The van der Waals surface area contributed by atoms with Gasteiger partial charge < -0.3 is 15.2 Å². The molecule has 1 heterocycles. The van der Waals surface area contributed by atoms with Crippen molar-refractivity contribution in [3.8, 4) is 11.8 Å². The number of nitrogens with one attached hydrogen (secondary N) is 2. The minimum atomic E-state index is -4.34. The summed E-state index contributed by atoms with van der Waals surface area (Å²) in [6.45, 7) is 4.77. The lowest BCUT2D eigenvalue weighted by Gasteiger charge is -2.07. The van der Waals surface area contributed by atoms with Crippen molar-refractivity contribution >= 4 is 5.96 Å². The SMILES string of the molecule is CN=C(NCC#Cc1ccc(C(F)(F)F)cc1)NCc1cc(C(C)C)no1. The van der Waals surface area contributed by atoms with Crippen LogP contribution in [-0.2, 0) is 12.7 Å². The molecule has 2 rings (SSSR count). The monoisotopic (exact) mass is 378 g/mol. The highest BCUT2D eigenvalue weighted by molar-refractivity contribution is 5.79. The number of alkyl halides is 3. The van der Waals surface area contributed by atoms with Gasteiger partial charge in [0.25, 0.3) is 0 Å². The molecule has 8 heteroatoms. The number of nitrogens with zero attached hydrogens (tertiary/aromatic N) is 2. The highest BCUT2D eigenvalue weighted by Crippen LogP contribution is 2.28. The Bertz CT molecular complexity index is 827. The van der Waals surface area contributed by atoms with Crippen molar-refractivity contribution in [3.05, 3.63) is 52.9 Å². The molecule has 0 aliphatic carbocycles. The van der Waals surface area contributed by atoms with Crippen molar-refractivity contribution in [2.24, 2.45) is 4.99 Å². The molecule has 144 valence electrons. The number of halogens is 3. The van der Waals surface area contributed by atoms with Gasteiger partial charge in [-0.05, 0) is 30.2 Å². The van der Waals surface area contributed by atoms with Gasteiger partial charge in [-0.2, -0.15) is 13.2 Å². The maximum Gasteiger partial charge on any atom is 0.416 e. The van der Waals surface area contributed by atoms with E-state index in [-0.39, 0.29) is 6.54 Å². The topological polar surface area (TPSA) is 62.5 Å². The maximum absolute atomic E-state index is 12.5. The van der Waals surface area contributed by atoms with Crippen LogP contribution in [0.4, 0.5) is 13.2 Å². The molecule has 0 atom stereocenters. The first-order chi connectivity index (χ1) is 12.8. The van der Waals surface area contributed by atoms with E-state index in [9.17, 15) is 13.2 Å². The van der Waals surface area contributed by atoms with Crippen LogP contribution in [0.5, 0.6) is 0 Å². The summed E-state index contributed by atoms with van der Waals surface area (Å²) in [4.78, 5) is 4.07. The van der Waals surface area contributed by atoms with Crippen LogP contribution in [-0.4, -0.2) is 24.7 Å². The Kier molecular flexibility index (Phi) is 6.88. The van der Waals surface area contributed by atoms with Crippen molar-refractivity contribution < 1.29 is 17.7 Å². The number of benzene rings is 1. The summed E-state index contributed by atoms with van der Waals surface area (Å²) >= 11 is 0. The Morgan fingerprint density at radius 2 is 1.93 bits per heavy atom. The van der Waals surface area contributed by atoms with Gasteiger partial charge in [0.05, 0.1) is 24.3 Å².